The van der Waals surface area contributed by atoms with Crippen LogP contribution in [0.1, 0.15) is 49.6 Å². The number of hydrogen-bond donors (Lipinski definition) is 1. The van der Waals surface area contributed by atoms with E-state index in [-0.39, 0.29) is 12.5 Å². The van der Waals surface area contributed by atoms with Gasteiger partial charge in [-0.05, 0) is 37.1 Å². The summed E-state index contributed by atoms with van der Waals surface area (Å²) >= 11 is 14.3. The molecule has 5 nitrogen and oxygen atoms in total. The first-order chi connectivity index (χ1) is 15.0. The van der Waals surface area contributed by atoms with E-state index in [2.05, 4.69) is 47.6 Å². The number of nitrogens with one attached hydrogen (secondary N) is 1. The number of amides is 1. The third kappa shape index (κ3) is 6.73. The summed E-state index contributed by atoms with van der Waals surface area (Å²) in [5, 5.41) is 13.5. The first kappa shape index (κ1) is 23.6. The largest absolute Gasteiger partial charge is 0.349 e. The Morgan fingerprint density at radius 2 is 1.97 bits per heavy atom. The van der Waals surface area contributed by atoms with E-state index in [1.165, 1.54) is 11.1 Å². The van der Waals surface area contributed by atoms with Crippen molar-refractivity contribution in [2.45, 2.75) is 57.0 Å². The van der Waals surface area contributed by atoms with Gasteiger partial charge < -0.3 is 5.32 Å². The van der Waals surface area contributed by atoms with Gasteiger partial charge >= 0.3 is 0 Å². The van der Waals surface area contributed by atoms with Crippen LogP contribution in [0.4, 0.5) is 0 Å². The highest BCUT2D eigenvalue weighted by Crippen LogP contribution is 2.31. The lowest BCUT2D eigenvalue weighted by molar-refractivity contribution is -0.121. The van der Waals surface area contributed by atoms with E-state index in [0.717, 1.165) is 25.0 Å². The molecule has 0 aliphatic rings. The Hall–Kier alpha value is -2.02. The summed E-state index contributed by atoms with van der Waals surface area (Å²) in [5.74, 6) is 1.36. The van der Waals surface area contributed by atoms with Crippen LogP contribution in [0.25, 0.3) is 5.69 Å². The Morgan fingerprint density at radius 1 is 1.13 bits per heavy atom. The number of benzene rings is 2. The summed E-state index contributed by atoms with van der Waals surface area (Å²) in [4.78, 5) is 12.2. The Labute approximate surface area is 197 Å². The van der Waals surface area contributed by atoms with E-state index in [4.69, 9.17) is 23.2 Å². The van der Waals surface area contributed by atoms with Crippen molar-refractivity contribution in [3.05, 3.63) is 69.5 Å². The molecule has 2 aromatic carbocycles. The number of rotatable bonds is 10. The molecule has 3 aromatic rings. The standard InChI is InChI=1S/C23H26Cl2N4OS/c1-3-4-5-9-22(30)26-14-21-27-28-23(31-15-17-8-6-7-16(2)12-17)29(21)20-13-18(24)10-11-19(20)25/h6-8,10-13H,3-5,9,14-15H2,1-2H3,(H,26,30). The Kier molecular flexibility index (Phi) is 8.81. The van der Waals surface area contributed by atoms with Gasteiger partial charge in [-0.15, -0.1) is 10.2 Å². The van der Waals surface area contributed by atoms with Gasteiger partial charge in [-0.3, -0.25) is 9.36 Å². The molecular weight excluding hydrogens is 451 g/mol. The highest BCUT2D eigenvalue weighted by atomic mass is 35.5. The van der Waals surface area contributed by atoms with E-state index in [0.29, 0.717) is 33.1 Å². The fourth-order valence-corrected chi connectivity index (χ4v) is 4.43. The number of nitrogens with zero attached hydrogens (tertiary/aromatic N) is 3. The number of thioether (sulfide) groups is 1. The third-order valence-corrected chi connectivity index (χ3v) is 6.31. The smallest absolute Gasteiger partial charge is 0.220 e. The number of unbranched alkanes of at least 4 members (excludes halogenated alkanes) is 2. The molecule has 1 heterocycles. The maximum atomic E-state index is 12.2. The van der Waals surface area contributed by atoms with E-state index < -0.39 is 0 Å². The van der Waals surface area contributed by atoms with Crippen molar-refractivity contribution in [3.8, 4) is 5.69 Å². The fraction of sp³-hybridized carbons (Fsp3) is 0.348. The van der Waals surface area contributed by atoms with E-state index in [9.17, 15) is 4.79 Å². The lowest BCUT2D eigenvalue weighted by Crippen LogP contribution is -2.24. The summed E-state index contributed by atoms with van der Waals surface area (Å²) in [6, 6.07) is 13.6. The van der Waals surface area contributed by atoms with E-state index in [1.54, 1.807) is 30.0 Å². The molecule has 8 heteroatoms. The van der Waals surface area contributed by atoms with Gasteiger partial charge in [0.2, 0.25) is 5.91 Å². The highest BCUT2D eigenvalue weighted by molar-refractivity contribution is 7.98. The molecule has 0 bridgehead atoms. The van der Waals surface area contributed by atoms with Crippen molar-refractivity contribution in [1.82, 2.24) is 20.1 Å². The summed E-state index contributed by atoms with van der Waals surface area (Å²) in [6.45, 7) is 4.46. The van der Waals surface area contributed by atoms with Crippen LogP contribution in [0.5, 0.6) is 0 Å². The molecule has 3 rings (SSSR count). The summed E-state index contributed by atoms with van der Waals surface area (Å²) in [6.07, 6.45) is 3.51. The maximum absolute atomic E-state index is 12.2. The molecule has 1 aromatic heterocycles. The lowest BCUT2D eigenvalue weighted by atomic mass is 10.2. The molecule has 31 heavy (non-hydrogen) atoms. The molecule has 0 spiro atoms. The Bertz CT molecular complexity index is 1040. The second-order valence-electron chi connectivity index (χ2n) is 7.34. The summed E-state index contributed by atoms with van der Waals surface area (Å²) < 4.78 is 1.88. The molecule has 1 amide bonds. The third-order valence-electron chi connectivity index (χ3n) is 4.75. The topological polar surface area (TPSA) is 59.8 Å². The average Bonchev–Trinajstić information content (AvgIpc) is 3.15. The first-order valence-electron chi connectivity index (χ1n) is 10.3. The number of hydrogen-bond acceptors (Lipinski definition) is 4. The molecule has 0 fully saturated rings. The van der Waals surface area contributed by atoms with Gasteiger partial charge in [0.05, 0.1) is 17.3 Å². The van der Waals surface area contributed by atoms with Crippen molar-refractivity contribution < 1.29 is 4.79 Å². The van der Waals surface area contributed by atoms with Crippen LogP contribution in [0.15, 0.2) is 47.6 Å². The SMILES string of the molecule is CCCCCC(=O)NCc1nnc(SCc2cccc(C)c2)n1-c1cc(Cl)ccc1Cl. The molecule has 1 N–H and O–H groups in total. The second-order valence-corrected chi connectivity index (χ2v) is 9.13. The average molecular weight is 477 g/mol. The van der Waals surface area contributed by atoms with Crippen LogP contribution < -0.4 is 5.32 Å². The van der Waals surface area contributed by atoms with Crippen LogP contribution in [-0.2, 0) is 17.1 Å². The van der Waals surface area contributed by atoms with Gasteiger partial charge in [-0.25, -0.2) is 0 Å². The Morgan fingerprint density at radius 3 is 2.74 bits per heavy atom. The van der Waals surface area contributed by atoms with Crippen molar-refractivity contribution >= 4 is 40.9 Å². The number of carbonyl (C=O) groups excluding carboxylic acids is 1. The summed E-state index contributed by atoms with van der Waals surface area (Å²) in [5.41, 5.74) is 3.10. The second kappa shape index (κ2) is 11.6. The van der Waals surface area contributed by atoms with Gasteiger partial charge in [0.15, 0.2) is 11.0 Å². The quantitative estimate of drug-likeness (QED) is 0.272. The van der Waals surface area contributed by atoms with Crippen LogP contribution in [-0.4, -0.2) is 20.7 Å². The molecule has 0 radical (unpaired) electrons. The first-order valence-corrected chi connectivity index (χ1v) is 12.1. The molecule has 0 aliphatic heterocycles. The molecule has 0 aliphatic carbocycles. The van der Waals surface area contributed by atoms with Gasteiger partial charge in [0, 0.05) is 17.2 Å². The van der Waals surface area contributed by atoms with Crippen molar-refractivity contribution in [2.75, 3.05) is 0 Å². The minimum Gasteiger partial charge on any atom is -0.349 e. The molecule has 164 valence electrons. The molecule has 0 saturated heterocycles. The van der Waals surface area contributed by atoms with Crippen LogP contribution in [0.3, 0.4) is 0 Å². The maximum Gasteiger partial charge on any atom is 0.220 e. The van der Waals surface area contributed by atoms with Crippen molar-refractivity contribution in [3.63, 3.8) is 0 Å². The van der Waals surface area contributed by atoms with Gasteiger partial charge in [-0.2, -0.15) is 0 Å². The monoisotopic (exact) mass is 476 g/mol. The lowest BCUT2D eigenvalue weighted by Gasteiger charge is -2.13. The van der Waals surface area contributed by atoms with Gasteiger partial charge in [0.25, 0.3) is 0 Å². The Balaban J connectivity index is 1.83. The molecule has 0 unspecified atom stereocenters. The summed E-state index contributed by atoms with van der Waals surface area (Å²) in [7, 11) is 0. The predicted octanol–water partition coefficient (Wildman–Crippen LogP) is 6.37. The molecule has 0 atom stereocenters. The number of aromatic nitrogens is 3. The number of aryl methyl sites for hydroxylation is 1. The number of carbonyl (C=O) groups is 1. The predicted molar refractivity (Wildman–Crippen MR) is 128 cm³/mol. The van der Waals surface area contributed by atoms with Gasteiger partial charge in [-0.1, -0.05) is 84.6 Å². The fourth-order valence-electron chi connectivity index (χ4n) is 3.16. The van der Waals surface area contributed by atoms with Crippen molar-refractivity contribution in [1.29, 1.82) is 0 Å². The minimum absolute atomic E-state index is 0.00848. The molecular formula is C23H26Cl2N4OS. The van der Waals surface area contributed by atoms with Gasteiger partial charge in [0.1, 0.15) is 0 Å². The van der Waals surface area contributed by atoms with Crippen LogP contribution in [0, 0.1) is 6.92 Å². The number of halogens is 2. The zero-order valence-electron chi connectivity index (χ0n) is 17.7. The van der Waals surface area contributed by atoms with Crippen LogP contribution in [0.2, 0.25) is 10.0 Å². The zero-order chi connectivity index (χ0) is 22.2. The van der Waals surface area contributed by atoms with Crippen LogP contribution >= 0.6 is 35.0 Å². The molecule has 0 saturated carbocycles. The highest BCUT2D eigenvalue weighted by Gasteiger charge is 2.18. The van der Waals surface area contributed by atoms with Crippen molar-refractivity contribution in [2.24, 2.45) is 0 Å². The minimum atomic E-state index is 0.00848. The zero-order valence-corrected chi connectivity index (χ0v) is 20.0. The van der Waals surface area contributed by atoms with E-state index >= 15 is 0 Å². The normalized spacial score (nSPS) is 11.0. The van der Waals surface area contributed by atoms with E-state index in [1.807, 2.05) is 10.6 Å².